The molecule has 0 aliphatic carbocycles. The first-order chi connectivity index (χ1) is 7.33. The molecule has 0 aliphatic rings. The summed E-state index contributed by atoms with van der Waals surface area (Å²) in [4.78, 5) is 4.13. The summed E-state index contributed by atoms with van der Waals surface area (Å²) in [5.74, 6) is 0.649. The minimum Gasteiger partial charge on any atom is -0.476 e. The van der Waals surface area contributed by atoms with E-state index in [2.05, 4.69) is 4.98 Å². The van der Waals surface area contributed by atoms with E-state index in [-0.39, 0.29) is 0 Å². The fourth-order valence-corrected chi connectivity index (χ4v) is 0.762. The van der Waals surface area contributed by atoms with E-state index >= 15 is 0 Å². The molecule has 0 aromatic carbocycles. The summed E-state index contributed by atoms with van der Waals surface area (Å²) in [7, 11) is 0. The number of hydrogen-bond donors (Lipinski definition) is 1. The number of rotatable bonds is 3. The molecule has 0 atom stereocenters. The Morgan fingerprint density at radius 2 is 1.80 bits per heavy atom. The van der Waals surface area contributed by atoms with E-state index in [1.807, 2.05) is 52.8 Å². The van der Waals surface area contributed by atoms with Crippen molar-refractivity contribution >= 4 is 0 Å². The van der Waals surface area contributed by atoms with Crippen LogP contribution in [0.25, 0.3) is 0 Å². The molecular weight excluding hydrogens is 188 g/mol. The zero-order valence-corrected chi connectivity index (χ0v) is 10.6. The lowest BCUT2D eigenvalue weighted by Gasteiger charge is -2.02. The summed E-state index contributed by atoms with van der Waals surface area (Å²) >= 11 is 0. The Labute approximate surface area is 93.7 Å². The van der Waals surface area contributed by atoms with Crippen LogP contribution in [-0.2, 0) is 0 Å². The highest BCUT2D eigenvalue weighted by molar-refractivity contribution is 5.14. The molecule has 0 saturated heterocycles. The van der Waals surface area contributed by atoms with Gasteiger partial charge in [0, 0.05) is 18.3 Å². The highest BCUT2D eigenvalue weighted by atomic mass is 16.5. The predicted molar refractivity (Wildman–Crippen MR) is 66.2 cm³/mol. The van der Waals surface area contributed by atoms with E-state index in [0.717, 1.165) is 5.69 Å². The molecule has 0 bridgehead atoms. The fourth-order valence-electron chi connectivity index (χ4n) is 0.762. The third-order valence-electron chi connectivity index (χ3n) is 1.23. The van der Waals surface area contributed by atoms with Gasteiger partial charge in [0.15, 0.2) is 0 Å². The molecule has 1 aromatic rings. The number of ether oxygens (including phenoxy) is 1. The summed E-state index contributed by atoms with van der Waals surface area (Å²) in [5.41, 5.74) is 6.22. The van der Waals surface area contributed by atoms with Crippen molar-refractivity contribution in [2.75, 3.05) is 13.2 Å². The maximum Gasteiger partial charge on any atom is 0.213 e. The first-order valence-electron chi connectivity index (χ1n) is 5.59. The number of aromatic nitrogens is 1. The zero-order chi connectivity index (χ0) is 12.1. The van der Waals surface area contributed by atoms with Crippen LogP contribution >= 0.6 is 0 Å². The third kappa shape index (κ3) is 9.22. The van der Waals surface area contributed by atoms with Gasteiger partial charge in [0.2, 0.25) is 5.88 Å². The van der Waals surface area contributed by atoms with Crippen LogP contribution in [-0.4, -0.2) is 18.1 Å². The summed E-state index contributed by atoms with van der Waals surface area (Å²) in [6, 6.07) is 5.66. The molecule has 3 heteroatoms. The van der Waals surface area contributed by atoms with E-state index in [1.165, 1.54) is 0 Å². The molecule has 0 aliphatic heterocycles. The number of pyridine rings is 1. The van der Waals surface area contributed by atoms with Crippen molar-refractivity contribution in [1.29, 1.82) is 0 Å². The highest BCUT2D eigenvalue weighted by Gasteiger charge is 1.92. The van der Waals surface area contributed by atoms with Crippen LogP contribution in [0.4, 0.5) is 0 Å². The molecular formula is C12H24N2O. The normalized spacial score (nSPS) is 7.87. The van der Waals surface area contributed by atoms with Gasteiger partial charge in [-0.15, -0.1) is 0 Å². The minimum absolute atomic E-state index is 0.523. The van der Waals surface area contributed by atoms with Crippen molar-refractivity contribution in [2.45, 2.75) is 34.6 Å². The molecule has 3 nitrogen and oxygen atoms in total. The lowest BCUT2D eigenvalue weighted by molar-refractivity contribution is 0.315. The number of aryl methyl sites for hydroxylation is 1. The Hall–Kier alpha value is -1.09. The largest absolute Gasteiger partial charge is 0.476 e. The summed E-state index contributed by atoms with van der Waals surface area (Å²) in [6.07, 6.45) is 0. The van der Waals surface area contributed by atoms with Gasteiger partial charge in [-0.2, -0.15) is 0 Å². The molecule has 0 amide bonds. The molecule has 1 heterocycles. The van der Waals surface area contributed by atoms with Gasteiger partial charge in [-0.25, -0.2) is 4.98 Å². The second kappa shape index (κ2) is 12.9. The Bertz CT molecular complexity index is 227. The van der Waals surface area contributed by atoms with Crippen LogP contribution < -0.4 is 10.5 Å². The quantitative estimate of drug-likeness (QED) is 0.838. The first-order valence-corrected chi connectivity index (χ1v) is 5.59. The Morgan fingerprint density at radius 3 is 2.27 bits per heavy atom. The predicted octanol–water partition coefficient (Wildman–Crippen LogP) is 2.78. The van der Waals surface area contributed by atoms with Gasteiger partial charge in [0.1, 0.15) is 6.61 Å². The van der Waals surface area contributed by atoms with Crippen molar-refractivity contribution in [2.24, 2.45) is 5.73 Å². The van der Waals surface area contributed by atoms with Gasteiger partial charge in [-0.05, 0) is 13.0 Å². The average Bonchev–Trinajstić information content (AvgIpc) is 2.32. The standard InChI is InChI=1S/C8H12N2O.2C2H6/c1-7-3-2-4-8(10-7)11-6-5-9;2*1-2/h2-4H,5-6,9H2,1H3;2*1-2H3. The van der Waals surface area contributed by atoms with Crippen LogP contribution in [0.3, 0.4) is 0 Å². The number of nitrogens with zero attached hydrogens (tertiary/aromatic N) is 1. The summed E-state index contributed by atoms with van der Waals surface area (Å²) < 4.78 is 5.20. The molecule has 0 saturated carbocycles. The molecule has 0 spiro atoms. The van der Waals surface area contributed by atoms with Crippen LogP contribution in [0.2, 0.25) is 0 Å². The third-order valence-corrected chi connectivity index (χ3v) is 1.23. The Morgan fingerprint density at radius 1 is 1.20 bits per heavy atom. The molecule has 15 heavy (non-hydrogen) atoms. The summed E-state index contributed by atoms with van der Waals surface area (Å²) in [5, 5.41) is 0. The minimum atomic E-state index is 0.523. The van der Waals surface area contributed by atoms with E-state index in [9.17, 15) is 0 Å². The number of hydrogen-bond acceptors (Lipinski definition) is 3. The van der Waals surface area contributed by atoms with Crippen molar-refractivity contribution in [3.8, 4) is 5.88 Å². The Kier molecular flexibility index (Phi) is 14.1. The van der Waals surface area contributed by atoms with Gasteiger partial charge in [0.05, 0.1) is 0 Å². The SMILES string of the molecule is CC.CC.Cc1cccc(OCCN)n1. The smallest absolute Gasteiger partial charge is 0.213 e. The lowest BCUT2D eigenvalue weighted by Crippen LogP contribution is -2.11. The van der Waals surface area contributed by atoms with E-state index in [4.69, 9.17) is 10.5 Å². The van der Waals surface area contributed by atoms with Gasteiger partial charge in [-0.1, -0.05) is 33.8 Å². The molecule has 0 radical (unpaired) electrons. The highest BCUT2D eigenvalue weighted by Crippen LogP contribution is 2.05. The van der Waals surface area contributed by atoms with Crippen molar-refractivity contribution in [3.05, 3.63) is 23.9 Å². The monoisotopic (exact) mass is 212 g/mol. The molecule has 1 rings (SSSR count). The van der Waals surface area contributed by atoms with Crippen LogP contribution in [0.15, 0.2) is 18.2 Å². The second-order valence-electron chi connectivity index (χ2n) is 2.25. The van der Waals surface area contributed by atoms with Crippen LogP contribution in [0.1, 0.15) is 33.4 Å². The topological polar surface area (TPSA) is 48.1 Å². The van der Waals surface area contributed by atoms with Crippen LogP contribution in [0.5, 0.6) is 5.88 Å². The molecule has 2 N–H and O–H groups in total. The summed E-state index contributed by atoms with van der Waals surface area (Å²) in [6.45, 7) is 11.0. The van der Waals surface area contributed by atoms with E-state index < -0.39 is 0 Å². The van der Waals surface area contributed by atoms with Crippen molar-refractivity contribution < 1.29 is 4.74 Å². The first kappa shape index (κ1) is 16.3. The van der Waals surface area contributed by atoms with Gasteiger partial charge in [0.25, 0.3) is 0 Å². The number of nitrogens with two attached hydrogens (primary N) is 1. The van der Waals surface area contributed by atoms with E-state index in [0.29, 0.717) is 19.0 Å². The Balaban J connectivity index is 0. The second-order valence-corrected chi connectivity index (χ2v) is 2.25. The lowest BCUT2D eigenvalue weighted by atomic mass is 10.4. The molecule has 1 aromatic heterocycles. The van der Waals surface area contributed by atoms with Gasteiger partial charge in [-0.3, -0.25) is 0 Å². The zero-order valence-electron chi connectivity index (χ0n) is 10.6. The van der Waals surface area contributed by atoms with E-state index in [1.54, 1.807) is 0 Å². The average molecular weight is 212 g/mol. The van der Waals surface area contributed by atoms with Crippen molar-refractivity contribution in [1.82, 2.24) is 4.98 Å². The van der Waals surface area contributed by atoms with Crippen molar-refractivity contribution in [3.63, 3.8) is 0 Å². The molecule has 88 valence electrons. The molecule has 0 unspecified atom stereocenters. The van der Waals surface area contributed by atoms with Crippen LogP contribution in [0, 0.1) is 6.92 Å². The van der Waals surface area contributed by atoms with Gasteiger partial charge >= 0.3 is 0 Å². The molecule has 0 fully saturated rings. The van der Waals surface area contributed by atoms with Gasteiger partial charge < -0.3 is 10.5 Å². The fraction of sp³-hybridized carbons (Fsp3) is 0.583. The maximum absolute atomic E-state index is 5.26. The maximum atomic E-state index is 5.26.